The summed E-state index contributed by atoms with van der Waals surface area (Å²) in [6, 6.07) is 6.25. The monoisotopic (exact) mass is 478 g/mol. The molecule has 0 bridgehead atoms. The molecule has 34 heavy (non-hydrogen) atoms. The van der Waals surface area contributed by atoms with Gasteiger partial charge >= 0.3 is 0 Å². The quantitative estimate of drug-likeness (QED) is 0.292. The molecule has 2 aliphatic heterocycles. The van der Waals surface area contributed by atoms with Crippen LogP contribution in [0.3, 0.4) is 0 Å². The van der Waals surface area contributed by atoms with E-state index in [0.29, 0.717) is 30.6 Å². The van der Waals surface area contributed by atoms with Gasteiger partial charge in [0.15, 0.2) is 11.5 Å². The molecule has 3 rings (SSSR count). The van der Waals surface area contributed by atoms with Crippen LogP contribution in [-0.2, 0) is 18.9 Å². The molecule has 0 spiro atoms. The molecule has 0 saturated carbocycles. The Morgan fingerprint density at radius 2 is 1.32 bits per heavy atom. The lowest BCUT2D eigenvalue weighted by Gasteiger charge is -2.28. The Kier molecular flexibility index (Phi) is 11.0. The second-order valence-corrected chi connectivity index (χ2v) is 10.4. The third-order valence-corrected chi connectivity index (χ3v) is 6.66. The van der Waals surface area contributed by atoms with Crippen molar-refractivity contribution in [2.45, 2.75) is 104 Å². The zero-order valence-electron chi connectivity index (χ0n) is 22.1. The normalized spacial score (nSPS) is 23.4. The first-order valence-corrected chi connectivity index (χ1v) is 13.3. The van der Waals surface area contributed by atoms with Crippen LogP contribution in [0.2, 0.25) is 0 Å². The molecular formula is C28H46O6. The molecule has 0 aromatic heterocycles. The highest BCUT2D eigenvalue weighted by molar-refractivity contribution is 5.44. The second kappa shape index (κ2) is 13.7. The fraction of sp³-hybridized carbons (Fsp3) is 0.786. The summed E-state index contributed by atoms with van der Waals surface area (Å²) in [5.41, 5.74) is 1.23. The average Bonchev–Trinajstić information content (AvgIpc) is 3.53. The Hall–Kier alpha value is -1.34. The third-order valence-electron chi connectivity index (χ3n) is 6.66. The van der Waals surface area contributed by atoms with Crippen LogP contribution in [0, 0.1) is 11.8 Å². The van der Waals surface area contributed by atoms with Crippen molar-refractivity contribution in [1.29, 1.82) is 0 Å². The molecule has 5 atom stereocenters. The molecule has 1 aromatic carbocycles. The number of benzene rings is 1. The SMILES string of the molecule is CCC(C)c1ccc(OC(OCC2CCCO2)C(C)C)c(OC(OCC2CCCO2)C(C)C)c1. The van der Waals surface area contributed by atoms with Gasteiger partial charge in [0.1, 0.15) is 0 Å². The van der Waals surface area contributed by atoms with Crippen molar-refractivity contribution >= 4 is 0 Å². The van der Waals surface area contributed by atoms with Crippen LogP contribution >= 0.6 is 0 Å². The lowest BCUT2D eigenvalue weighted by atomic mass is 9.98. The van der Waals surface area contributed by atoms with Gasteiger partial charge in [-0.15, -0.1) is 0 Å². The molecule has 1 aromatic rings. The Labute approximate surface area is 206 Å². The third kappa shape index (κ3) is 8.11. The van der Waals surface area contributed by atoms with Crippen molar-refractivity contribution < 1.29 is 28.4 Å². The highest BCUT2D eigenvalue weighted by atomic mass is 16.7. The molecule has 0 radical (unpaired) electrons. The Morgan fingerprint density at radius 1 is 0.794 bits per heavy atom. The van der Waals surface area contributed by atoms with Gasteiger partial charge in [0, 0.05) is 25.0 Å². The molecule has 2 fully saturated rings. The van der Waals surface area contributed by atoms with Gasteiger partial charge in [0.05, 0.1) is 25.4 Å². The van der Waals surface area contributed by atoms with Gasteiger partial charge in [0.25, 0.3) is 0 Å². The summed E-state index contributed by atoms with van der Waals surface area (Å²) < 4.78 is 36.7. The number of hydrogen-bond donors (Lipinski definition) is 0. The summed E-state index contributed by atoms with van der Waals surface area (Å²) >= 11 is 0. The fourth-order valence-corrected chi connectivity index (χ4v) is 4.19. The Balaban J connectivity index is 1.74. The highest BCUT2D eigenvalue weighted by Crippen LogP contribution is 2.35. The van der Waals surface area contributed by atoms with Gasteiger partial charge in [-0.25, -0.2) is 0 Å². The molecule has 194 valence electrons. The Morgan fingerprint density at radius 3 is 1.76 bits per heavy atom. The molecule has 2 heterocycles. The van der Waals surface area contributed by atoms with Gasteiger partial charge in [0.2, 0.25) is 12.6 Å². The van der Waals surface area contributed by atoms with E-state index in [-0.39, 0.29) is 36.6 Å². The smallest absolute Gasteiger partial charge is 0.202 e. The van der Waals surface area contributed by atoms with Crippen molar-refractivity contribution in [3.05, 3.63) is 23.8 Å². The number of rotatable bonds is 14. The van der Waals surface area contributed by atoms with E-state index in [9.17, 15) is 0 Å². The fourth-order valence-electron chi connectivity index (χ4n) is 4.19. The number of ether oxygens (including phenoxy) is 6. The molecule has 0 N–H and O–H groups in total. The van der Waals surface area contributed by atoms with Crippen molar-refractivity contribution in [3.8, 4) is 11.5 Å². The summed E-state index contributed by atoms with van der Waals surface area (Å²) in [4.78, 5) is 0. The van der Waals surface area contributed by atoms with Crippen molar-refractivity contribution in [1.82, 2.24) is 0 Å². The van der Waals surface area contributed by atoms with Crippen molar-refractivity contribution in [2.24, 2.45) is 11.8 Å². The van der Waals surface area contributed by atoms with Gasteiger partial charge in [-0.05, 0) is 55.7 Å². The lowest BCUT2D eigenvalue weighted by Crippen LogP contribution is -2.32. The van der Waals surface area contributed by atoms with E-state index in [1.807, 2.05) is 6.07 Å². The zero-order valence-corrected chi connectivity index (χ0v) is 22.1. The molecular weight excluding hydrogens is 432 g/mol. The molecule has 5 unspecified atom stereocenters. The highest BCUT2D eigenvalue weighted by Gasteiger charge is 2.26. The Bertz CT molecular complexity index is 709. The van der Waals surface area contributed by atoms with E-state index in [2.05, 4.69) is 53.7 Å². The van der Waals surface area contributed by atoms with Gasteiger partial charge in [-0.1, -0.05) is 47.6 Å². The summed E-state index contributed by atoms with van der Waals surface area (Å²) in [5.74, 6) is 2.18. The molecule has 0 amide bonds. The topological polar surface area (TPSA) is 55.4 Å². The van der Waals surface area contributed by atoms with Crippen LogP contribution in [0.25, 0.3) is 0 Å². The van der Waals surface area contributed by atoms with Crippen LogP contribution in [0.15, 0.2) is 18.2 Å². The van der Waals surface area contributed by atoms with Gasteiger partial charge in [-0.3, -0.25) is 0 Å². The van der Waals surface area contributed by atoms with E-state index in [1.165, 1.54) is 5.56 Å². The van der Waals surface area contributed by atoms with Crippen molar-refractivity contribution in [3.63, 3.8) is 0 Å². The maximum absolute atomic E-state index is 6.48. The van der Waals surface area contributed by atoms with E-state index < -0.39 is 0 Å². The zero-order chi connectivity index (χ0) is 24.5. The first kappa shape index (κ1) is 27.3. The molecule has 2 aliphatic rings. The largest absolute Gasteiger partial charge is 0.461 e. The number of hydrogen-bond acceptors (Lipinski definition) is 6. The van der Waals surface area contributed by atoms with Crippen LogP contribution in [0.4, 0.5) is 0 Å². The van der Waals surface area contributed by atoms with Crippen molar-refractivity contribution in [2.75, 3.05) is 26.4 Å². The van der Waals surface area contributed by atoms with Crippen LogP contribution in [0.1, 0.15) is 85.1 Å². The molecule has 0 aliphatic carbocycles. The maximum atomic E-state index is 6.48. The van der Waals surface area contributed by atoms with Gasteiger partial charge in [-0.2, -0.15) is 0 Å². The van der Waals surface area contributed by atoms with Crippen LogP contribution in [0.5, 0.6) is 11.5 Å². The molecule has 6 heteroatoms. The summed E-state index contributed by atoms with van der Waals surface area (Å²) in [6.07, 6.45) is 4.88. The summed E-state index contributed by atoms with van der Waals surface area (Å²) in [6.45, 7) is 15.6. The predicted octanol–water partition coefficient (Wildman–Crippen LogP) is 6.31. The first-order valence-electron chi connectivity index (χ1n) is 13.3. The molecule has 2 saturated heterocycles. The van der Waals surface area contributed by atoms with E-state index in [1.54, 1.807) is 0 Å². The van der Waals surface area contributed by atoms with E-state index in [0.717, 1.165) is 45.3 Å². The van der Waals surface area contributed by atoms with Crippen LogP contribution < -0.4 is 9.47 Å². The van der Waals surface area contributed by atoms with Gasteiger partial charge < -0.3 is 28.4 Å². The summed E-state index contributed by atoms with van der Waals surface area (Å²) in [7, 11) is 0. The minimum absolute atomic E-state index is 0.156. The van der Waals surface area contributed by atoms with E-state index >= 15 is 0 Å². The molecule has 6 nitrogen and oxygen atoms in total. The predicted molar refractivity (Wildman–Crippen MR) is 134 cm³/mol. The summed E-state index contributed by atoms with van der Waals surface area (Å²) in [5, 5.41) is 0. The standard InChI is InChI=1S/C28H46O6/c1-7-21(6)22-12-13-25(33-27(19(2)3)31-17-23-10-8-14-29-23)26(16-22)34-28(20(4)5)32-18-24-11-9-15-30-24/h12-13,16,19-21,23-24,27-28H,7-11,14-15,17-18H2,1-6H3. The minimum Gasteiger partial charge on any atom is -0.461 e. The lowest BCUT2D eigenvalue weighted by molar-refractivity contribution is -0.141. The van der Waals surface area contributed by atoms with E-state index in [4.69, 9.17) is 28.4 Å². The average molecular weight is 479 g/mol. The maximum Gasteiger partial charge on any atom is 0.202 e. The second-order valence-electron chi connectivity index (χ2n) is 10.4. The van der Waals surface area contributed by atoms with Crippen LogP contribution in [-0.4, -0.2) is 51.2 Å². The minimum atomic E-state index is -0.385. The first-order chi connectivity index (χ1) is 16.4.